The van der Waals surface area contributed by atoms with E-state index in [0.717, 1.165) is 24.1 Å². The quantitative estimate of drug-likeness (QED) is 0.619. The second kappa shape index (κ2) is 6.58. The molecule has 0 aliphatic heterocycles. The highest BCUT2D eigenvalue weighted by atomic mass is 16.1. The van der Waals surface area contributed by atoms with Crippen LogP contribution in [0.5, 0.6) is 0 Å². The first kappa shape index (κ1) is 13.9. The third-order valence-corrected chi connectivity index (χ3v) is 3.28. The van der Waals surface area contributed by atoms with E-state index in [1.165, 1.54) is 11.7 Å². The van der Waals surface area contributed by atoms with E-state index in [0.29, 0.717) is 5.69 Å². The molecule has 0 radical (unpaired) electrons. The first-order valence-electron chi connectivity index (χ1n) is 6.37. The summed E-state index contributed by atoms with van der Waals surface area (Å²) in [6, 6.07) is 7.49. The lowest BCUT2D eigenvalue weighted by atomic mass is 9.89. The molecule has 0 amide bonds. The molecule has 0 N–H and O–H groups in total. The van der Waals surface area contributed by atoms with Crippen LogP contribution in [0.15, 0.2) is 57.7 Å². The van der Waals surface area contributed by atoms with Crippen LogP contribution in [-0.2, 0) is 16.0 Å². The van der Waals surface area contributed by atoms with Crippen LogP contribution in [-0.4, -0.2) is 12.2 Å². The number of hydrogen-bond acceptors (Lipinski definition) is 4. The van der Waals surface area contributed by atoms with Gasteiger partial charge in [0, 0.05) is 5.92 Å². The second-order valence-electron chi connectivity index (χ2n) is 4.77. The fourth-order valence-electron chi connectivity index (χ4n) is 2.27. The molecule has 0 saturated carbocycles. The van der Waals surface area contributed by atoms with Gasteiger partial charge in [-0.25, -0.2) is 9.59 Å². The Balaban J connectivity index is 2.11. The Labute approximate surface area is 117 Å². The Morgan fingerprint density at radius 3 is 2.40 bits per heavy atom. The van der Waals surface area contributed by atoms with Gasteiger partial charge in [-0.3, -0.25) is 0 Å². The molecule has 1 aliphatic carbocycles. The Bertz CT molecular complexity index is 644. The second-order valence-corrected chi connectivity index (χ2v) is 4.77. The van der Waals surface area contributed by atoms with Crippen LogP contribution in [0.25, 0.3) is 0 Å². The summed E-state index contributed by atoms with van der Waals surface area (Å²) >= 11 is 0. The van der Waals surface area contributed by atoms with E-state index in [1.54, 1.807) is 18.2 Å². The molecular formula is C16H14N2O2. The van der Waals surface area contributed by atoms with E-state index in [1.807, 2.05) is 31.2 Å². The van der Waals surface area contributed by atoms with E-state index < -0.39 is 0 Å². The van der Waals surface area contributed by atoms with E-state index in [2.05, 4.69) is 9.98 Å². The molecule has 1 atom stereocenters. The number of allylic oxidation sites excluding steroid dienone is 4. The molecular weight excluding hydrogens is 252 g/mol. The predicted octanol–water partition coefficient (Wildman–Crippen LogP) is 3.38. The van der Waals surface area contributed by atoms with Crippen LogP contribution in [0.4, 0.5) is 5.69 Å². The van der Waals surface area contributed by atoms with Crippen molar-refractivity contribution in [1.29, 1.82) is 0 Å². The monoisotopic (exact) mass is 266 g/mol. The van der Waals surface area contributed by atoms with Gasteiger partial charge in [-0.15, -0.1) is 0 Å². The van der Waals surface area contributed by atoms with Gasteiger partial charge in [0.15, 0.2) is 0 Å². The lowest BCUT2D eigenvalue weighted by molar-refractivity contribution is 0.561. The first-order chi connectivity index (χ1) is 9.72. The number of aliphatic imine (C=N–C) groups is 2. The van der Waals surface area contributed by atoms with Crippen LogP contribution in [0.1, 0.15) is 18.9 Å². The van der Waals surface area contributed by atoms with Crippen molar-refractivity contribution in [3.8, 4) is 0 Å². The fraction of sp³-hybridized carbons (Fsp3) is 0.250. The topological polar surface area (TPSA) is 58.9 Å². The first-order valence-corrected chi connectivity index (χ1v) is 6.37. The zero-order valence-electron chi connectivity index (χ0n) is 11.2. The highest BCUT2D eigenvalue weighted by Gasteiger charge is 2.14. The summed E-state index contributed by atoms with van der Waals surface area (Å²) in [5.74, 6) is 0.232. The van der Waals surface area contributed by atoms with Crippen molar-refractivity contribution >= 4 is 17.8 Å². The third-order valence-electron chi connectivity index (χ3n) is 3.28. The van der Waals surface area contributed by atoms with Gasteiger partial charge >= 0.3 is 0 Å². The van der Waals surface area contributed by atoms with Crippen molar-refractivity contribution in [2.45, 2.75) is 19.8 Å². The molecule has 0 saturated heterocycles. The average Bonchev–Trinajstić information content (AvgIpc) is 2.44. The molecule has 100 valence electrons. The molecule has 0 spiro atoms. The molecule has 0 bridgehead atoms. The van der Waals surface area contributed by atoms with Gasteiger partial charge in [0.05, 0.1) is 11.4 Å². The summed E-state index contributed by atoms with van der Waals surface area (Å²) < 4.78 is 0. The minimum Gasteiger partial charge on any atom is -0.211 e. The Kier molecular flexibility index (Phi) is 4.56. The van der Waals surface area contributed by atoms with Gasteiger partial charge in [-0.2, -0.15) is 9.98 Å². The van der Waals surface area contributed by atoms with Crippen molar-refractivity contribution in [3.05, 3.63) is 53.3 Å². The Hall–Kier alpha value is -2.54. The van der Waals surface area contributed by atoms with Crippen LogP contribution in [0.3, 0.4) is 0 Å². The van der Waals surface area contributed by atoms with Gasteiger partial charge in [0.25, 0.3) is 0 Å². The summed E-state index contributed by atoms with van der Waals surface area (Å²) in [6.45, 7) is 2.04. The predicted molar refractivity (Wildman–Crippen MR) is 76.0 cm³/mol. The normalized spacial score (nSPS) is 17.4. The SMILES string of the molecule is CC1CC(Cc2ccc(N=C=O)cc2)=CC=C1N=C=O. The van der Waals surface area contributed by atoms with Gasteiger partial charge in [-0.05, 0) is 36.6 Å². The molecule has 0 heterocycles. The zero-order chi connectivity index (χ0) is 14.4. The maximum atomic E-state index is 10.3. The Morgan fingerprint density at radius 2 is 1.80 bits per heavy atom. The van der Waals surface area contributed by atoms with E-state index >= 15 is 0 Å². The summed E-state index contributed by atoms with van der Waals surface area (Å²) in [4.78, 5) is 27.7. The van der Waals surface area contributed by atoms with Gasteiger partial charge in [0.2, 0.25) is 12.2 Å². The maximum Gasteiger partial charge on any atom is 0.240 e. The summed E-state index contributed by atoms with van der Waals surface area (Å²) in [5.41, 5.74) is 3.83. The average molecular weight is 266 g/mol. The fourth-order valence-corrected chi connectivity index (χ4v) is 2.27. The number of isocyanates is 2. The third kappa shape index (κ3) is 3.48. The van der Waals surface area contributed by atoms with Gasteiger partial charge in [0.1, 0.15) is 0 Å². The molecule has 20 heavy (non-hydrogen) atoms. The zero-order valence-corrected chi connectivity index (χ0v) is 11.2. The molecule has 1 aromatic rings. The van der Waals surface area contributed by atoms with Crippen LogP contribution < -0.4 is 0 Å². The molecule has 2 rings (SSSR count). The van der Waals surface area contributed by atoms with Crippen molar-refractivity contribution in [2.24, 2.45) is 15.9 Å². The molecule has 1 aromatic carbocycles. The maximum absolute atomic E-state index is 10.3. The lowest BCUT2D eigenvalue weighted by Gasteiger charge is -2.18. The number of benzene rings is 1. The molecule has 0 aromatic heterocycles. The van der Waals surface area contributed by atoms with Gasteiger partial charge in [-0.1, -0.05) is 30.7 Å². The number of carbonyl (C=O) groups excluding carboxylic acids is 2. The number of hydrogen-bond donors (Lipinski definition) is 0. The smallest absolute Gasteiger partial charge is 0.211 e. The summed E-state index contributed by atoms with van der Waals surface area (Å²) in [7, 11) is 0. The van der Waals surface area contributed by atoms with Gasteiger partial charge < -0.3 is 0 Å². The minimum absolute atomic E-state index is 0.232. The largest absolute Gasteiger partial charge is 0.240 e. The highest BCUT2D eigenvalue weighted by molar-refractivity contribution is 5.49. The molecule has 4 nitrogen and oxygen atoms in total. The van der Waals surface area contributed by atoms with E-state index in [-0.39, 0.29) is 5.92 Å². The minimum atomic E-state index is 0.232. The molecule has 1 aliphatic rings. The standard InChI is InChI=1S/C16H14N2O2/c1-12-8-14(4-7-16(12)18-11-20)9-13-2-5-15(6-3-13)17-10-19/h2-7,12H,8-9H2,1H3. The van der Waals surface area contributed by atoms with Crippen molar-refractivity contribution in [3.63, 3.8) is 0 Å². The highest BCUT2D eigenvalue weighted by Crippen LogP contribution is 2.27. The van der Waals surface area contributed by atoms with Crippen molar-refractivity contribution in [1.82, 2.24) is 0 Å². The number of rotatable bonds is 4. The van der Waals surface area contributed by atoms with Crippen molar-refractivity contribution < 1.29 is 9.59 Å². The van der Waals surface area contributed by atoms with Crippen LogP contribution in [0, 0.1) is 5.92 Å². The molecule has 4 heteroatoms. The summed E-state index contributed by atoms with van der Waals surface area (Å²) in [5, 5.41) is 0. The molecule has 1 unspecified atom stereocenters. The number of nitrogens with zero attached hydrogens (tertiary/aromatic N) is 2. The van der Waals surface area contributed by atoms with Crippen LogP contribution >= 0.6 is 0 Å². The van der Waals surface area contributed by atoms with Crippen molar-refractivity contribution in [2.75, 3.05) is 0 Å². The van der Waals surface area contributed by atoms with E-state index in [9.17, 15) is 9.59 Å². The lowest BCUT2D eigenvalue weighted by Crippen LogP contribution is -2.05. The van der Waals surface area contributed by atoms with Crippen LogP contribution in [0.2, 0.25) is 0 Å². The molecule has 0 fully saturated rings. The summed E-state index contributed by atoms with van der Waals surface area (Å²) in [6.07, 6.45) is 8.71. The van der Waals surface area contributed by atoms with E-state index in [4.69, 9.17) is 0 Å². The Morgan fingerprint density at radius 1 is 1.10 bits per heavy atom.